The Morgan fingerprint density at radius 3 is 2.56 bits per heavy atom. The van der Waals surface area contributed by atoms with Crippen LogP contribution in [0, 0.1) is 0 Å². The zero-order valence-electron chi connectivity index (χ0n) is 15.5. The van der Waals surface area contributed by atoms with Crippen LogP contribution < -0.4 is 0 Å². The van der Waals surface area contributed by atoms with E-state index in [1.807, 2.05) is 13.8 Å². The minimum atomic E-state index is -3.58. The van der Waals surface area contributed by atoms with Crippen molar-refractivity contribution < 1.29 is 17.6 Å². The Kier molecular flexibility index (Phi) is 5.45. The Hall–Kier alpha value is -2.11. The van der Waals surface area contributed by atoms with E-state index < -0.39 is 10.0 Å². The Morgan fingerprint density at radius 1 is 1.22 bits per heavy atom. The monoisotopic (exact) mass is 411 g/mol. The molecule has 0 saturated heterocycles. The number of nitrogens with zero attached hydrogens (tertiary/aromatic N) is 5. The highest BCUT2D eigenvalue weighted by Crippen LogP contribution is 2.28. The number of hydrogen-bond acceptors (Lipinski definition) is 7. The van der Waals surface area contributed by atoms with E-state index in [0.29, 0.717) is 29.3 Å². The molecule has 0 atom stereocenters. The first-order chi connectivity index (χ1) is 12.8. The number of carbonyl (C=O) groups excluding carboxylic acids is 1. The molecule has 0 bridgehead atoms. The van der Waals surface area contributed by atoms with Crippen molar-refractivity contribution in [3.8, 4) is 0 Å². The maximum absolute atomic E-state index is 12.4. The minimum Gasteiger partial charge on any atom is -0.422 e. The predicted octanol–water partition coefficient (Wildman–Crippen LogP) is 1.69. The number of rotatable bonds is 7. The maximum atomic E-state index is 12.4. The van der Waals surface area contributed by atoms with Crippen molar-refractivity contribution in [1.82, 2.24) is 23.8 Å². The third-order valence-electron chi connectivity index (χ3n) is 4.20. The Balaban J connectivity index is 1.99. The van der Waals surface area contributed by atoms with Gasteiger partial charge in [-0.05, 0) is 32.0 Å². The van der Waals surface area contributed by atoms with Crippen LogP contribution in [0.4, 0.5) is 0 Å². The van der Waals surface area contributed by atoms with Crippen LogP contribution in [0.3, 0.4) is 0 Å². The van der Waals surface area contributed by atoms with Crippen molar-refractivity contribution in [3.05, 3.63) is 18.2 Å². The molecule has 0 aliphatic heterocycles. The van der Waals surface area contributed by atoms with E-state index in [1.54, 1.807) is 15.4 Å². The first-order valence-corrected chi connectivity index (χ1v) is 10.8. The van der Waals surface area contributed by atoms with Crippen molar-refractivity contribution in [3.63, 3.8) is 0 Å². The number of thioether (sulfide) groups is 1. The average molecular weight is 412 g/mol. The molecule has 3 aromatic rings. The van der Waals surface area contributed by atoms with E-state index in [1.165, 1.54) is 38.0 Å². The van der Waals surface area contributed by atoms with Gasteiger partial charge in [-0.25, -0.2) is 17.1 Å². The summed E-state index contributed by atoms with van der Waals surface area (Å²) < 4.78 is 33.2. The lowest BCUT2D eigenvalue weighted by Crippen LogP contribution is -2.31. The number of carbonyl (C=O) groups is 1. The van der Waals surface area contributed by atoms with E-state index >= 15 is 0 Å². The predicted molar refractivity (Wildman–Crippen MR) is 102 cm³/mol. The van der Waals surface area contributed by atoms with E-state index in [0.717, 1.165) is 4.31 Å². The molecule has 1 aromatic carbocycles. The molecular weight excluding hydrogens is 390 g/mol. The Morgan fingerprint density at radius 2 is 1.93 bits per heavy atom. The molecule has 0 saturated carbocycles. The minimum absolute atomic E-state index is 0.00502. The van der Waals surface area contributed by atoms with E-state index in [2.05, 4.69) is 10.2 Å². The second-order valence-corrected chi connectivity index (χ2v) is 9.07. The molecule has 11 heteroatoms. The normalized spacial score (nSPS) is 12.3. The van der Waals surface area contributed by atoms with Crippen LogP contribution in [0.5, 0.6) is 0 Å². The van der Waals surface area contributed by atoms with E-state index in [4.69, 9.17) is 4.42 Å². The molecule has 0 radical (unpaired) electrons. The lowest BCUT2D eigenvalue weighted by molar-refractivity contribution is -0.127. The lowest BCUT2D eigenvalue weighted by atomic mass is 10.3. The van der Waals surface area contributed by atoms with Crippen LogP contribution in [-0.2, 0) is 14.8 Å². The van der Waals surface area contributed by atoms with Crippen LogP contribution in [0.2, 0.25) is 0 Å². The van der Waals surface area contributed by atoms with Crippen molar-refractivity contribution in [1.29, 1.82) is 0 Å². The maximum Gasteiger partial charge on any atom is 0.328 e. The fourth-order valence-electron chi connectivity index (χ4n) is 2.64. The second-order valence-electron chi connectivity index (χ2n) is 5.97. The van der Waals surface area contributed by atoms with Gasteiger partial charge >= 0.3 is 5.84 Å². The molecule has 27 heavy (non-hydrogen) atoms. The van der Waals surface area contributed by atoms with Crippen molar-refractivity contribution in [2.24, 2.45) is 0 Å². The summed E-state index contributed by atoms with van der Waals surface area (Å²) in [4.78, 5) is 14.1. The van der Waals surface area contributed by atoms with Crippen molar-refractivity contribution in [2.75, 3.05) is 32.9 Å². The standard InChI is InChI=1S/C16H21N5O4S2/c1-5-20(6-2)14(22)10-26-16-18-17-15-21(16)12-9-11(7-8-13(12)25-15)27(23,24)19(3)4/h7-9H,5-6,10H2,1-4H3. The fourth-order valence-corrected chi connectivity index (χ4v) is 4.41. The zero-order valence-corrected chi connectivity index (χ0v) is 17.2. The lowest BCUT2D eigenvalue weighted by Gasteiger charge is -2.17. The van der Waals surface area contributed by atoms with Gasteiger partial charge in [0.25, 0.3) is 0 Å². The summed E-state index contributed by atoms with van der Waals surface area (Å²) in [5.41, 5.74) is 1.03. The van der Waals surface area contributed by atoms with Gasteiger partial charge < -0.3 is 9.32 Å². The second kappa shape index (κ2) is 7.49. The molecule has 0 aliphatic carbocycles. The summed E-state index contributed by atoms with van der Waals surface area (Å²) in [6.45, 7) is 5.15. The number of hydrogen-bond donors (Lipinski definition) is 0. The van der Waals surface area contributed by atoms with Gasteiger partial charge in [0.15, 0.2) is 10.7 Å². The molecule has 146 valence electrons. The Bertz CT molecular complexity index is 1080. The summed E-state index contributed by atoms with van der Waals surface area (Å²) in [5.74, 6) is 0.470. The molecule has 3 rings (SSSR count). The third-order valence-corrected chi connectivity index (χ3v) is 6.92. The van der Waals surface area contributed by atoms with Gasteiger partial charge in [0.2, 0.25) is 15.9 Å². The van der Waals surface area contributed by atoms with Crippen LogP contribution >= 0.6 is 11.8 Å². The van der Waals surface area contributed by atoms with Crippen molar-refractivity contribution in [2.45, 2.75) is 23.9 Å². The van der Waals surface area contributed by atoms with Gasteiger partial charge in [0.05, 0.1) is 16.2 Å². The van der Waals surface area contributed by atoms with Gasteiger partial charge in [0, 0.05) is 27.2 Å². The molecule has 2 aromatic heterocycles. The summed E-state index contributed by atoms with van der Waals surface area (Å²) in [7, 11) is -0.634. The van der Waals surface area contributed by atoms with Crippen LogP contribution in [0.15, 0.2) is 32.7 Å². The van der Waals surface area contributed by atoms with Gasteiger partial charge in [0.1, 0.15) is 0 Å². The quantitative estimate of drug-likeness (QED) is 0.545. The van der Waals surface area contributed by atoms with E-state index in [-0.39, 0.29) is 22.4 Å². The van der Waals surface area contributed by atoms with Crippen molar-refractivity contribution >= 4 is 44.6 Å². The highest BCUT2D eigenvalue weighted by molar-refractivity contribution is 7.99. The first kappa shape index (κ1) is 19.6. The van der Waals surface area contributed by atoms with Gasteiger partial charge in [-0.2, -0.15) is 0 Å². The van der Waals surface area contributed by atoms with Crippen LogP contribution in [-0.4, -0.2) is 71.1 Å². The summed E-state index contributed by atoms with van der Waals surface area (Å²) in [6.07, 6.45) is 0. The highest BCUT2D eigenvalue weighted by atomic mass is 32.2. The fraction of sp³-hybridized carbons (Fsp3) is 0.438. The summed E-state index contributed by atoms with van der Waals surface area (Å²) in [6, 6.07) is 4.61. The molecule has 0 unspecified atom stereocenters. The molecule has 9 nitrogen and oxygen atoms in total. The largest absolute Gasteiger partial charge is 0.422 e. The summed E-state index contributed by atoms with van der Waals surface area (Å²) >= 11 is 1.24. The van der Waals surface area contributed by atoms with E-state index in [9.17, 15) is 13.2 Å². The molecule has 0 N–H and O–H groups in total. The van der Waals surface area contributed by atoms with Crippen LogP contribution in [0.25, 0.3) is 16.9 Å². The number of amides is 1. The molecule has 0 aliphatic rings. The topological polar surface area (TPSA) is 101 Å². The van der Waals surface area contributed by atoms with Gasteiger partial charge in [-0.15, -0.1) is 5.10 Å². The smallest absolute Gasteiger partial charge is 0.328 e. The molecule has 0 fully saturated rings. The third kappa shape index (κ3) is 3.54. The molecule has 0 spiro atoms. The number of sulfonamides is 1. The SMILES string of the molecule is CCN(CC)C(=O)CSc1nnc2oc3ccc(S(=O)(=O)N(C)C)cc3n12. The number of aromatic nitrogens is 3. The summed E-state index contributed by atoms with van der Waals surface area (Å²) in [5, 5.41) is 8.53. The Labute approximate surface area is 161 Å². The molecular formula is C16H21N5O4S2. The number of fused-ring (bicyclic) bond motifs is 3. The molecule has 2 heterocycles. The first-order valence-electron chi connectivity index (χ1n) is 8.40. The molecule has 1 amide bonds. The van der Waals surface area contributed by atoms with Gasteiger partial charge in [-0.1, -0.05) is 16.9 Å². The van der Waals surface area contributed by atoms with Gasteiger partial charge in [-0.3, -0.25) is 4.79 Å². The number of oxazole rings is 1. The van der Waals surface area contributed by atoms with Crippen LogP contribution in [0.1, 0.15) is 13.8 Å². The average Bonchev–Trinajstić information content (AvgIpc) is 3.19. The zero-order chi connectivity index (χ0) is 19.8. The highest BCUT2D eigenvalue weighted by Gasteiger charge is 2.21. The number of benzene rings is 1.